The number of aliphatic hydroxyl groups excluding tert-OH is 1. The van der Waals surface area contributed by atoms with Gasteiger partial charge in [0.05, 0.1) is 11.4 Å². The Kier molecular flexibility index (Phi) is 17.7. The second-order valence-corrected chi connectivity index (χ2v) is 10.3. The van der Waals surface area contributed by atoms with Crippen molar-refractivity contribution in [2.45, 2.75) is 96.2 Å². The first-order valence-corrected chi connectivity index (χ1v) is 15.1. The molecule has 0 bridgehead atoms. The molecule has 1 N–H and O–H groups in total. The van der Waals surface area contributed by atoms with Gasteiger partial charge in [0.15, 0.2) is 6.29 Å². The lowest BCUT2D eigenvalue weighted by Crippen LogP contribution is -2.28. The molecule has 3 atom stereocenters. The Morgan fingerprint density at radius 3 is 2.59 bits per heavy atom. The molecule has 0 aromatic heterocycles. The molecule has 1 heterocycles. The fourth-order valence-electron chi connectivity index (χ4n) is 4.49. The molecule has 0 radical (unpaired) electrons. The number of hydrogen-bond donors (Lipinski definition) is 1. The van der Waals surface area contributed by atoms with Crippen LogP contribution in [0.5, 0.6) is 5.75 Å². The molecule has 39 heavy (non-hydrogen) atoms. The topological polar surface area (TPSA) is 47.9 Å². The van der Waals surface area contributed by atoms with Crippen molar-refractivity contribution >= 4 is 23.2 Å². The minimum absolute atomic E-state index is 0.0796. The second kappa shape index (κ2) is 20.8. The van der Waals surface area contributed by atoms with E-state index in [4.69, 9.17) is 37.4 Å². The molecule has 0 spiro atoms. The van der Waals surface area contributed by atoms with Gasteiger partial charge in [-0.25, -0.2) is 0 Å². The van der Waals surface area contributed by atoms with Crippen molar-refractivity contribution in [1.82, 2.24) is 0 Å². The van der Waals surface area contributed by atoms with Gasteiger partial charge >= 0.3 is 0 Å². The molecule has 0 aliphatic carbocycles. The van der Waals surface area contributed by atoms with E-state index in [1.54, 1.807) is 0 Å². The summed E-state index contributed by atoms with van der Waals surface area (Å²) in [5.74, 6) is 7.01. The first-order valence-electron chi connectivity index (χ1n) is 14.1. The fraction of sp³-hybridized carbons (Fsp3) is 0.515. The smallest absolute Gasteiger partial charge is 0.157 e. The zero-order valence-corrected chi connectivity index (χ0v) is 24.8. The van der Waals surface area contributed by atoms with Crippen LogP contribution in [0.2, 0.25) is 0 Å². The highest BCUT2D eigenvalue weighted by molar-refractivity contribution is 6.40. The van der Waals surface area contributed by atoms with E-state index in [0.717, 1.165) is 61.2 Å². The van der Waals surface area contributed by atoms with Crippen molar-refractivity contribution in [2.75, 3.05) is 11.9 Å². The molecule has 2 aromatic rings. The van der Waals surface area contributed by atoms with Crippen LogP contribution >= 0.6 is 23.2 Å². The van der Waals surface area contributed by atoms with Gasteiger partial charge in [0.2, 0.25) is 0 Å². The summed E-state index contributed by atoms with van der Waals surface area (Å²) in [6.07, 6.45) is 11.0. The minimum atomic E-state index is -0.874. The van der Waals surface area contributed by atoms with Crippen LogP contribution in [0.15, 0.2) is 61.2 Å². The van der Waals surface area contributed by atoms with Crippen LogP contribution in [0.4, 0.5) is 0 Å². The summed E-state index contributed by atoms with van der Waals surface area (Å²) in [6.45, 7) is 7.37. The zero-order chi connectivity index (χ0) is 28.1. The Labute approximate surface area is 245 Å². The van der Waals surface area contributed by atoms with E-state index in [1.165, 1.54) is 19.3 Å². The maximum atomic E-state index is 10.9. The molecule has 2 aromatic carbocycles. The highest BCUT2D eigenvalue weighted by Crippen LogP contribution is 2.29. The van der Waals surface area contributed by atoms with Crippen molar-refractivity contribution in [1.29, 1.82) is 0 Å². The summed E-state index contributed by atoms with van der Waals surface area (Å²) in [6, 6.07) is 15.8. The van der Waals surface area contributed by atoms with Crippen LogP contribution in [-0.4, -0.2) is 29.4 Å². The Hall–Kier alpha value is -2.00. The monoisotopic (exact) mass is 574 g/mol. The third kappa shape index (κ3) is 13.3. The number of alkyl halides is 2. The molecular weight excluding hydrogens is 531 g/mol. The molecule has 1 saturated heterocycles. The molecule has 1 aliphatic rings. The van der Waals surface area contributed by atoms with Gasteiger partial charge in [-0.15, -0.1) is 35.7 Å². The average Bonchev–Trinajstić information content (AvgIpc) is 2.96. The lowest BCUT2D eigenvalue weighted by Gasteiger charge is -2.27. The molecule has 0 saturated carbocycles. The first-order chi connectivity index (χ1) is 19.1. The predicted octanol–water partition coefficient (Wildman–Crippen LogP) is 8.72. The van der Waals surface area contributed by atoms with Crippen LogP contribution in [0, 0.1) is 11.8 Å². The van der Waals surface area contributed by atoms with Crippen molar-refractivity contribution < 1.29 is 19.3 Å². The molecule has 3 rings (SSSR count). The lowest BCUT2D eigenvalue weighted by atomic mass is 9.98. The zero-order valence-electron chi connectivity index (χ0n) is 23.3. The molecule has 214 valence electrons. The predicted molar refractivity (Wildman–Crippen MR) is 162 cm³/mol. The Bertz CT molecular complexity index is 980. The number of benzene rings is 2. The molecule has 0 amide bonds. The largest absolute Gasteiger partial charge is 0.489 e. The number of halogens is 2. The van der Waals surface area contributed by atoms with E-state index in [-0.39, 0.29) is 17.7 Å². The van der Waals surface area contributed by atoms with Crippen LogP contribution in [0.1, 0.15) is 87.5 Å². The first kappa shape index (κ1) is 33.2. The van der Waals surface area contributed by atoms with Gasteiger partial charge in [-0.05, 0) is 55.7 Å². The fourth-order valence-corrected chi connectivity index (χ4v) is 4.49. The van der Waals surface area contributed by atoms with Gasteiger partial charge in [0.1, 0.15) is 18.5 Å². The van der Waals surface area contributed by atoms with E-state index >= 15 is 0 Å². The van der Waals surface area contributed by atoms with E-state index < -0.39 is 6.10 Å². The van der Waals surface area contributed by atoms with E-state index in [9.17, 15) is 5.11 Å². The number of ether oxygens (including phenoxy) is 3. The highest BCUT2D eigenvalue weighted by atomic mass is 35.5. The van der Waals surface area contributed by atoms with Crippen molar-refractivity contribution in [2.24, 2.45) is 0 Å². The third-order valence-corrected chi connectivity index (χ3v) is 6.49. The van der Waals surface area contributed by atoms with Crippen molar-refractivity contribution in [3.8, 4) is 17.6 Å². The van der Waals surface area contributed by atoms with E-state index in [1.807, 2.05) is 54.6 Å². The maximum Gasteiger partial charge on any atom is 0.157 e. The number of allylic oxidation sites excluding steroid dienone is 1. The van der Waals surface area contributed by atoms with Crippen LogP contribution in [-0.2, 0) is 22.5 Å². The number of rotatable bonds is 14. The molecule has 1 fully saturated rings. The molecule has 1 unspecified atom stereocenters. The maximum absolute atomic E-state index is 10.9. The minimum Gasteiger partial charge on any atom is -0.489 e. The van der Waals surface area contributed by atoms with Gasteiger partial charge in [0, 0.05) is 18.6 Å². The Morgan fingerprint density at radius 2 is 1.90 bits per heavy atom. The lowest BCUT2D eigenvalue weighted by molar-refractivity contribution is -0.190. The Morgan fingerprint density at radius 1 is 1.10 bits per heavy atom. The number of aliphatic hydroxyl groups is 1. The summed E-state index contributed by atoms with van der Waals surface area (Å²) < 4.78 is 18.2. The summed E-state index contributed by atoms with van der Waals surface area (Å²) >= 11 is 9.53. The van der Waals surface area contributed by atoms with Gasteiger partial charge in [-0.2, -0.15) is 0 Å². The van der Waals surface area contributed by atoms with Gasteiger partial charge in [-0.1, -0.05) is 80.6 Å². The standard InChI is InChI=1S/C32H42O4.CH2Cl2/c1-3-5-7-18-27(36-32-23-12-13-24-34-32)19-10-11-21-30(33)28-20-14-22-31(29(28)15-4-2)35-25-26-16-8-6-9-17-26;2-1-3/h4,6,8-9,14,16-17,20,22,27,30,32-33H,2-3,5,7,10,12-13,15,18-19,23-25H2,1H3;1H2/t27-,30-,32?;/m0./s1. The third-order valence-electron chi connectivity index (χ3n) is 6.49. The quantitative estimate of drug-likeness (QED) is 0.106. The summed E-state index contributed by atoms with van der Waals surface area (Å²) in [5.41, 5.74) is 2.81. The highest BCUT2D eigenvalue weighted by Gasteiger charge is 2.19. The van der Waals surface area contributed by atoms with E-state index in [0.29, 0.717) is 19.4 Å². The van der Waals surface area contributed by atoms with Gasteiger partial charge in [-0.3, -0.25) is 0 Å². The van der Waals surface area contributed by atoms with Gasteiger partial charge in [0.25, 0.3) is 0 Å². The summed E-state index contributed by atoms with van der Waals surface area (Å²) in [7, 11) is 0. The summed E-state index contributed by atoms with van der Waals surface area (Å²) in [4.78, 5) is 0. The van der Waals surface area contributed by atoms with Crippen LogP contribution in [0.3, 0.4) is 0 Å². The molecule has 6 heteroatoms. The number of unbranched alkanes of at least 4 members (excludes halogenated alkanes) is 2. The van der Waals surface area contributed by atoms with Crippen molar-refractivity contribution in [3.05, 3.63) is 77.9 Å². The SMILES string of the molecule is C=CCc1c(OCc2ccccc2)cccc1[C@@H](O)C#CCC[C@H](CCCCC)OC1CCCCO1.ClCCl. The van der Waals surface area contributed by atoms with Crippen LogP contribution < -0.4 is 4.74 Å². The second-order valence-electron chi connectivity index (χ2n) is 9.50. The Balaban J connectivity index is 0.00000170. The molecule has 4 nitrogen and oxygen atoms in total. The van der Waals surface area contributed by atoms with E-state index in [2.05, 4.69) is 25.3 Å². The number of hydrogen-bond acceptors (Lipinski definition) is 4. The molecular formula is C33H44Cl2O4. The average molecular weight is 576 g/mol. The van der Waals surface area contributed by atoms with Gasteiger partial charge < -0.3 is 19.3 Å². The van der Waals surface area contributed by atoms with Crippen LogP contribution in [0.25, 0.3) is 0 Å². The van der Waals surface area contributed by atoms with Crippen molar-refractivity contribution in [3.63, 3.8) is 0 Å². The normalized spacial score (nSPS) is 16.2. The summed E-state index contributed by atoms with van der Waals surface area (Å²) in [5, 5.41) is 11.1. The molecule has 1 aliphatic heterocycles.